The van der Waals surface area contributed by atoms with E-state index in [-0.39, 0.29) is 0 Å². The van der Waals surface area contributed by atoms with E-state index in [4.69, 9.17) is 0 Å². The lowest BCUT2D eigenvalue weighted by atomic mass is 10.1. The van der Waals surface area contributed by atoms with Crippen molar-refractivity contribution in [2.75, 3.05) is 26.0 Å². The van der Waals surface area contributed by atoms with E-state index in [1.807, 2.05) is 0 Å². The molecule has 0 unspecified atom stereocenters. The van der Waals surface area contributed by atoms with Gasteiger partial charge in [0.15, 0.2) is 11.4 Å². The quantitative estimate of drug-likeness (QED) is 0.618. The first-order chi connectivity index (χ1) is 8.12. The third kappa shape index (κ3) is 1.31. The van der Waals surface area contributed by atoms with Crippen molar-refractivity contribution in [3.05, 3.63) is 48.5 Å². The lowest BCUT2D eigenvalue weighted by Gasteiger charge is -2.39. The molecule has 0 aliphatic carbocycles. The first-order valence-electron chi connectivity index (χ1n) is 5.89. The standard InChI is InChI=1S/C15H17N2/c1-16-12-8-4-6-10-14(12)17(2,3)15-11-7-5-9-13(15)16/h4-11H,1-3H3/q+1. The fourth-order valence-electron chi connectivity index (χ4n) is 2.70. The molecule has 0 N–H and O–H groups in total. The van der Waals surface area contributed by atoms with Gasteiger partial charge in [-0.25, -0.2) is 0 Å². The van der Waals surface area contributed by atoms with Crippen molar-refractivity contribution in [2.24, 2.45) is 0 Å². The van der Waals surface area contributed by atoms with Gasteiger partial charge in [-0.2, -0.15) is 0 Å². The highest BCUT2D eigenvalue weighted by atomic mass is 15.4. The first kappa shape index (κ1) is 10.4. The van der Waals surface area contributed by atoms with Crippen molar-refractivity contribution in [3.8, 4) is 0 Å². The highest BCUT2D eigenvalue weighted by Crippen LogP contribution is 2.49. The van der Waals surface area contributed by atoms with E-state index >= 15 is 0 Å². The zero-order chi connectivity index (χ0) is 12.0. The Balaban J connectivity index is 2.34. The number of benzene rings is 2. The summed E-state index contributed by atoms with van der Waals surface area (Å²) in [5.74, 6) is 0. The Labute approximate surface area is 102 Å². The molecule has 0 fully saturated rings. The van der Waals surface area contributed by atoms with Gasteiger partial charge < -0.3 is 4.90 Å². The highest BCUT2D eigenvalue weighted by Gasteiger charge is 2.35. The van der Waals surface area contributed by atoms with Crippen LogP contribution in [0.25, 0.3) is 0 Å². The molecule has 2 nitrogen and oxygen atoms in total. The lowest BCUT2D eigenvalue weighted by molar-refractivity contribution is 0.549. The van der Waals surface area contributed by atoms with Crippen LogP contribution in [0.15, 0.2) is 48.5 Å². The number of hydrogen-bond donors (Lipinski definition) is 0. The molecule has 2 heteroatoms. The molecule has 0 radical (unpaired) electrons. The van der Waals surface area contributed by atoms with Crippen LogP contribution in [0, 0.1) is 0 Å². The molecule has 3 rings (SSSR count). The first-order valence-corrected chi connectivity index (χ1v) is 5.89. The second kappa shape index (κ2) is 3.34. The van der Waals surface area contributed by atoms with E-state index in [1.165, 1.54) is 22.7 Å². The second-order valence-corrected chi connectivity index (χ2v) is 4.99. The van der Waals surface area contributed by atoms with Crippen molar-refractivity contribution in [1.29, 1.82) is 0 Å². The third-order valence-corrected chi connectivity index (χ3v) is 3.69. The zero-order valence-electron chi connectivity index (χ0n) is 10.5. The van der Waals surface area contributed by atoms with Gasteiger partial charge in [-0.3, -0.25) is 4.48 Å². The Morgan fingerprint density at radius 1 is 0.765 bits per heavy atom. The van der Waals surface area contributed by atoms with E-state index in [2.05, 4.69) is 74.6 Å². The number of fused-ring (bicyclic) bond motifs is 2. The van der Waals surface area contributed by atoms with Crippen molar-refractivity contribution in [2.45, 2.75) is 0 Å². The summed E-state index contributed by atoms with van der Waals surface area (Å²) in [7, 11) is 6.62. The van der Waals surface area contributed by atoms with Crippen LogP contribution in [-0.4, -0.2) is 21.1 Å². The van der Waals surface area contributed by atoms with Crippen LogP contribution in [0.3, 0.4) is 0 Å². The minimum Gasteiger partial charge on any atom is -0.335 e. The van der Waals surface area contributed by atoms with Crippen LogP contribution in [-0.2, 0) is 0 Å². The van der Waals surface area contributed by atoms with Gasteiger partial charge in [-0.15, -0.1) is 0 Å². The Hall–Kier alpha value is -1.80. The molecule has 1 heterocycles. The normalized spacial score (nSPS) is 16.3. The van der Waals surface area contributed by atoms with E-state index in [0.29, 0.717) is 0 Å². The number of nitrogens with zero attached hydrogens (tertiary/aromatic N) is 2. The average Bonchev–Trinajstić information content (AvgIpc) is 2.37. The zero-order valence-corrected chi connectivity index (χ0v) is 10.5. The number of rotatable bonds is 0. The van der Waals surface area contributed by atoms with Crippen molar-refractivity contribution >= 4 is 22.7 Å². The van der Waals surface area contributed by atoms with Crippen molar-refractivity contribution in [1.82, 2.24) is 4.48 Å². The van der Waals surface area contributed by atoms with E-state index in [9.17, 15) is 0 Å². The molecule has 1 aliphatic rings. The van der Waals surface area contributed by atoms with Gasteiger partial charge in [0, 0.05) is 19.2 Å². The van der Waals surface area contributed by atoms with Crippen LogP contribution in [0.5, 0.6) is 0 Å². The maximum atomic E-state index is 2.27. The van der Waals surface area contributed by atoms with Gasteiger partial charge in [0.25, 0.3) is 0 Å². The molecule has 0 amide bonds. The second-order valence-electron chi connectivity index (χ2n) is 4.99. The summed E-state index contributed by atoms with van der Waals surface area (Å²) in [5, 5.41) is 0. The summed E-state index contributed by atoms with van der Waals surface area (Å²) >= 11 is 0. The minimum atomic E-state index is 0.802. The lowest BCUT2D eigenvalue weighted by Crippen LogP contribution is -2.39. The molecule has 0 aromatic heterocycles. The Kier molecular flexibility index (Phi) is 2.04. The minimum absolute atomic E-state index is 0.802. The average molecular weight is 225 g/mol. The summed E-state index contributed by atoms with van der Waals surface area (Å²) in [4.78, 5) is 2.27. The molecule has 0 bridgehead atoms. The number of anilines is 2. The van der Waals surface area contributed by atoms with Crippen LogP contribution in [0.1, 0.15) is 0 Å². The molecule has 17 heavy (non-hydrogen) atoms. The predicted molar refractivity (Wildman–Crippen MR) is 74.2 cm³/mol. The van der Waals surface area contributed by atoms with Crippen LogP contribution in [0.4, 0.5) is 22.7 Å². The Bertz CT molecular complexity index is 523. The number of para-hydroxylation sites is 4. The van der Waals surface area contributed by atoms with Gasteiger partial charge in [0.05, 0.1) is 14.1 Å². The topological polar surface area (TPSA) is 3.24 Å². The molecule has 0 spiro atoms. The Morgan fingerprint density at radius 3 is 1.65 bits per heavy atom. The van der Waals surface area contributed by atoms with Crippen LogP contribution >= 0.6 is 0 Å². The monoisotopic (exact) mass is 225 g/mol. The molecular formula is C15H17N2+. The highest BCUT2D eigenvalue weighted by molar-refractivity contribution is 5.89. The SMILES string of the molecule is CN1c2ccccc2[N+](C)(C)c2ccccc21. The van der Waals surface area contributed by atoms with Gasteiger partial charge in [0.1, 0.15) is 11.4 Å². The fourth-order valence-corrected chi connectivity index (χ4v) is 2.70. The van der Waals surface area contributed by atoms with Gasteiger partial charge in [-0.05, 0) is 12.1 Å². The molecule has 2 aromatic carbocycles. The molecule has 1 aliphatic heterocycles. The molecule has 0 saturated carbocycles. The number of hydrogen-bond acceptors (Lipinski definition) is 1. The third-order valence-electron chi connectivity index (χ3n) is 3.69. The summed E-state index contributed by atoms with van der Waals surface area (Å²) in [6, 6.07) is 17.2. The largest absolute Gasteiger partial charge is 0.335 e. The maximum Gasteiger partial charge on any atom is 0.161 e. The Morgan fingerprint density at radius 2 is 1.18 bits per heavy atom. The van der Waals surface area contributed by atoms with E-state index < -0.39 is 0 Å². The van der Waals surface area contributed by atoms with Crippen molar-refractivity contribution < 1.29 is 0 Å². The summed E-state index contributed by atoms with van der Waals surface area (Å²) in [5.41, 5.74) is 5.26. The van der Waals surface area contributed by atoms with Crippen LogP contribution < -0.4 is 9.38 Å². The fraction of sp³-hybridized carbons (Fsp3) is 0.200. The van der Waals surface area contributed by atoms with Crippen LogP contribution in [0.2, 0.25) is 0 Å². The predicted octanol–water partition coefficient (Wildman–Crippen LogP) is 3.67. The van der Waals surface area contributed by atoms with Gasteiger partial charge >= 0.3 is 0 Å². The summed E-state index contributed by atoms with van der Waals surface area (Å²) in [6.45, 7) is 0. The molecule has 86 valence electrons. The molecule has 0 atom stereocenters. The summed E-state index contributed by atoms with van der Waals surface area (Å²) < 4.78 is 0.802. The molecule has 0 saturated heterocycles. The summed E-state index contributed by atoms with van der Waals surface area (Å²) in [6.07, 6.45) is 0. The maximum absolute atomic E-state index is 2.27. The molecule has 2 aromatic rings. The van der Waals surface area contributed by atoms with Gasteiger partial charge in [0.2, 0.25) is 0 Å². The van der Waals surface area contributed by atoms with Gasteiger partial charge in [-0.1, -0.05) is 24.3 Å². The van der Waals surface area contributed by atoms with E-state index in [1.54, 1.807) is 0 Å². The smallest absolute Gasteiger partial charge is 0.161 e. The molecular weight excluding hydrogens is 208 g/mol. The van der Waals surface area contributed by atoms with E-state index in [0.717, 1.165) is 4.48 Å². The number of quaternary nitrogens is 1. The van der Waals surface area contributed by atoms with Crippen molar-refractivity contribution in [3.63, 3.8) is 0 Å².